The van der Waals surface area contributed by atoms with Crippen molar-refractivity contribution in [1.29, 1.82) is 0 Å². The van der Waals surface area contributed by atoms with Crippen molar-refractivity contribution >= 4 is 29.4 Å². The minimum absolute atomic E-state index is 0.0891. The van der Waals surface area contributed by atoms with Gasteiger partial charge in [0.05, 0.1) is 10.7 Å². The van der Waals surface area contributed by atoms with E-state index in [-0.39, 0.29) is 12.0 Å². The molecule has 7 nitrogen and oxygen atoms in total. The molecule has 0 saturated carbocycles. The SMILES string of the molecule is Cc1nc(COc2ccccc2/C=C/C(=O)N2CCN(C(=O)OC(C)(C)C)CC2)cs1. The fourth-order valence-electron chi connectivity index (χ4n) is 3.08. The Morgan fingerprint density at radius 1 is 1.13 bits per heavy atom. The largest absolute Gasteiger partial charge is 0.487 e. The van der Waals surface area contributed by atoms with Gasteiger partial charge in [-0.05, 0) is 39.8 Å². The number of hydrogen-bond donors (Lipinski definition) is 0. The Labute approximate surface area is 187 Å². The lowest BCUT2D eigenvalue weighted by Gasteiger charge is -2.35. The van der Waals surface area contributed by atoms with E-state index in [0.717, 1.165) is 16.3 Å². The number of thiazole rings is 1. The average Bonchev–Trinajstić information content (AvgIpc) is 3.15. The second-order valence-corrected chi connectivity index (χ2v) is 9.37. The van der Waals surface area contributed by atoms with Crippen molar-refractivity contribution < 1.29 is 19.1 Å². The molecular weight excluding hydrogens is 414 g/mol. The summed E-state index contributed by atoms with van der Waals surface area (Å²) in [5.41, 5.74) is 1.19. The number of carbonyl (C=O) groups excluding carboxylic acids is 2. The van der Waals surface area contributed by atoms with Gasteiger partial charge in [0.15, 0.2) is 0 Å². The average molecular weight is 444 g/mol. The molecule has 0 unspecified atom stereocenters. The Kier molecular flexibility index (Phi) is 7.33. The Bertz CT molecular complexity index is 940. The van der Waals surface area contributed by atoms with E-state index < -0.39 is 5.60 Å². The fraction of sp³-hybridized carbons (Fsp3) is 0.435. The zero-order valence-electron chi connectivity index (χ0n) is 18.5. The van der Waals surface area contributed by atoms with Gasteiger partial charge in [0, 0.05) is 43.2 Å². The summed E-state index contributed by atoms with van der Waals surface area (Å²) in [6.45, 7) is 9.74. The first-order valence-corrected chi connectivity index (χ1v) is 11.2. The zero-order valence-corrected chi connectivity index (χ0v) is 19.3. The second-order valence-electron chi connectivity index (χ2n) is 8.31. The summed E-state index contributed by atoms with van der Waals surface area (Å²) in [5, 5.41) is 2.98. The molecule has 3 rings (SSSR count). The van der Waals surface area contributed by atoms with Crippen molar-refractivity contribution in [3.8, 4) is 5.75 Å². The number of carbonyl (C=O) groups is 2. The molecule has 2 heterocycles. The third-order valence-electron chi connectivity index (χ3n) is 4.61. The van der Waals surface area contributed by atoms with Crippen LogP contribution in [0.15, 0.2) is 35.7 Å². The van der Waals surface area contributed by atoms with E-state index in [2.05, 4.69) is 4.98 Å². The van der Waals surface area contributed by atoms with E-state index in [0.29, 0.717) is 38.5 Å². The molecule has 166 valence electrons. The molecule has 0 radical (unpaired) electrons. The van der Waals surface area contributed by atoms with Crippen molar-refractivity contribution in [3.63, 3.8) is 0 Å². The maximum absolute atomic E-state index is 12.6. The van der Waals surface area contributed by atoms with Crippen LogP contribution in [0.4, 0.5) is 4.79 Å². The number of aryl methyl sites for hydroxylation is 1. The first-order valence-electron chi connectivity index (χ1n) is 10.3. The number of benzene rings is 1. The maximum Gasteiger partial charge on any atom is 0.410 e. The highest BCUT2D eigenvalue weighted by atomic mass is 32.1. The van der Waals surface area contributed by atoms with Crippen LogP contribution in [-0.4, -0.2) is 58.6 Å². The van der Waals surface area contributed by atoms with E-state index in [1.807, 2.05) is 57.3 Å². The summed E-state index contributed by atoms with van der Waals surface area (Å²) in [4.78, 5) is 32.6. The van der Waals surface area contributed by atoms with Gasteiger partial charge in [-0.2, -0.15) is 0 Å². The van der Waals surface area contributed by atoms with Crippen LogP contribution in [0.3, 0.4) is 0 Å². The van der Waals surface area contributed by atoms with Gasteiger partial charge in [-0.1, -0.05) is 18.2 Å². The number of rotatable bonds is 5. The highest BCUT2D eigenvalue weighted by Gasteiger charge is 2.27. The normalized spacial score (nSPS) is 14.7. The molecule has 1 aliphatic heterocycles. The van der Waals surface area contributed by atoms with Crippen LogP contribution in [0.2, 0.25) is 0 Å². The van der Waals surface area contributed by atoms with Gasteiger partial charge in [-0.3, -0.25) is 4.79 Å². The molecule has 2 amide bonds. The number of ether oxygens (including phenoxy) is 2. The molecule has 8 heteroatoms. The van der Waals surface area contributed by atoms with Crippen molar-refractivity contribution in [1.82, 2.24) is 14.8 Å². The number of hydrogen-bond acceptors (Lipinski definition) is 6. The van der Waals surface area contributed by atoms with Gasteiger partial charge in [0.1, 0.15) is 18.0 Å². The van der Waals surface area contributed by atoms with Gasteiger partial charge < -0.3 is 19.3 Å². The van der Waals surface area contributed by atoms with Crippen molar-refractivity contribution in [2.45, 2.75) is 39.9 Å². The number of para-hydroxylation sites is 1. The topological polar surface area (TPSA) is 72.0 Å². The zero-order chi connectivity index (χ0) is 22.4. The summed E-state index contributed by atoms with van der Waals surface area (Å²) >= 11 is 1.59. The molecule has 0 atom stereocenters. The highest BCUT2D eigenvalue weighted by molar-refractivity contribution is 7.09. The lowest BCUT2D eigenvalue weighted by molar-refractivity contribution is -0.127. The standard InChI is InChI=1S/C23H29N3O4S/c1-17-24-19(16-31-17)15-29-20-8-6-5-7-18(20)9-10-21(27)25-11-13-26(14-12-25)22(28)30-23(2,3)4/h5-10,16H,11-15H2,1-4H3/b10-9+. The minimum Gasteiger partial charge on any atom is -0.487 e. The number of amides is 2. The van der Waals surface area contributed by atoms with E-state index in [1.54, 1.807) is 33.3 Å². The predicted molar refractivity (Wildman–Crippen MR) is 121 cm³/mol. The summed E-state index contributed by atoms with van der Waals surface area (Å²) < 4.78 is 11.3. The maximum atomic E-state index is 12.6. The van der Waals surface area contributed by atoms with Gasteiger partial charge in [-0.25, -0.2) is 9.78 Å². The number of aromatic nitrogens is 1. The molecule has 1 saturated heterocycles. The molecule has 1 aromatic carbocycles. The molecule has 2 aromatic rings. The van der Waals surface area contributed by atoms with E-state index in [1.165, 1.54) is 0 Å². The van der Waals surface area contributed by atoms with Crippen LogP contribution < -0.4 is 4.74 Å². The Morgan fingerprint density at radius 2 is 1.81 bits per heavy atom. The van der Waals surface area contributed by atoms with E-state index in [9.17, 15) is 9.59 Å². The van der Waals surface area contributed by atoms with E-state index in [4.69, 9.17) is 9.47 Å². The summed E-state index contributed by atoms with van der Waals surface area (Å²) in [7, 11) is 0. The molecule has 0 N–H and O–H groups in total. The lowest BCUT2D eigenvalue weighted by Crippen LogP contribution is -2.51. The van der Waals surface area contributed by atoms with Crippen molar-refractivity contribution in [2.75, 3.05) is 26.2 Å². The van der Waals surface area contributed by atoms with Crippen molar-refractivity contribution in [2.24, 2.45) is 0 Å². The van der Waals surface area contributed by atoms with Gasteiger partial charge in [0.25, 0.3) is 0 Å². The van der Waals surface area contributed by atoms with E-state index >= 15 is 0 Å². The Morgan fingerprint density at radius 3 is 2.45 bits per heavy atom. The molecule has 0 bridgehead atoms. The van der Waals surface area contributed by atoms with Crippen LogP contribution in [0.5, 0.6) is 5.75 Å². The van der Waals surface area contributed by atoms with Gasteiger partial charge >= 0.3 is 6.09 Å². The van der Waals surface area contributed by atoms with Crippen LogP contribution in [-0.2, 0) is 16.1 Å². The van der Waals surface area contributed by atoms with Crippen LogP contribution in [0, 0.1) is 6.92 Å². The summed E-state index contributed by atoms with van der Waals surface area (Å²) in [6, 6.07) is 7.59. The third kappa shape index (κ3) is 6.82. The molecule has 1 aromatic heterocycles. The first-order chi connectivity index (χ1) is 14.7. The minimum atomic E-state index is -0.527. The van der Waals surface area contributed by atoms with Crippen LogP contribution >= 0.6 is 11.3 Å². The predicted octanol–water partition coefficient (Wildman–Crippen LogP) is 4.12. The second kappa shape index (κ2) is 9.96. The van der Waals surface area contributed by atoms with Crippen LogP contribution in [0.1, 0.15) is 37.0 Å². The molecular formula is C23H29N3O4S. The third-order valence-corrected chi connectivity index (χ3v) is 5.43. The Balaban J connectivity index is 1.54. The first kappa shape index (κ1) is 22.8. The Hall–Kier alpha value is -2.87. The smallest absolute Gasteiger partial charge is 0.410 e. The molecule has 0 aliphatic carbocycles. The number of piperazine rings is 1. The molecule has 0 spiro atoms. The summed E-state index contributed by atoms with van der Waals surface area (Å²) in [5.74, 6) is 0.612. The van der Waals surface area contributed by atoms with Gasteiger partial charge in [0.2, 0.25) is 5.91 Å². The molecule has 31 heavy (non-hydrogen) atoms. The monoisotopic (exact) mass is 443 g/mol. The summed E-state index contributed by atoms with van der Waals surface area (Å²) in [6.07, 6.45) is 2.99. The molecule has 1 fully saturated rings. The fourth-order valence-corrected chi connectivity index (χ4v) is 3.68. The molecule has 1 aliphatic rings. The number of nitrogens with zero attached hydrogens (tertiary/aromatic N) is 3. The van der Waals surface area contributed by atoms with Gasteiger partial charge in [-0.15, -0.1) is 11.3 Å². The quantitative estimate of drug-likeness (QED) is 0.650. The lowest BCUT2D eigenvalue weighted by atomic mass is 10.2. The van der Waals surface area contributed by atoms with Crippen LogP contribution in [0.25, 0.3) is 6.08 Å². The highest BCUT2D eigenvalue weighted by Crippen LogP contribution is 2.21. The van der Waals surface area contributed by atoms with Crippen molar-refractivity contribution in [3.05, 3.63) is 52.0 Å².